The molecule has 1 heterocycles. The fraction of sp³-hybridized carbons (Fsp3) is 0. The van der Waals surface area contributed by atoms with Gasteiger partial charge in [0.2, 0.25) is 40.7 Å². The van der Waals surface area contributed by atoms with Crippen molar-refractivity contribution in [3.63, 3.8) is 0 Å². The van der Waals surface area contributed by atoms with E-state index in [0.29, 0.717) is 5.52 Å². The Hall–Kier alpha value is -2.77. The van der Waals surface area contributed by atoms with Crippen molar-refractivity contribution in [2.75, 3.05) is 0 Å². The first-order valence-electron chi connectivity index (χ1n) is 5.89. The standard InChI is InChI=1S/C14H5F5N2O/c15-8-9(16)11(18)13(12(19)10(8)17)22-14-6-3-1-2-4-7(6)20-5-21-14/h1-5H. The SMILES string of the molecule is Fc1c(F)c(F)c(Oc2ncnc3ccccc23)c(F)c1F. The molecule has 3 aromatic rings. The Kier molecular flexibility index (Phi) is 3.36. The van der Waals surface area contributed by atoms with Gasteiger partial charge in [-0.05, 0) is 12.1 Å². The highest BCUT2D eigenvalue weighted by Gasteiger charge is 2.28. The first kappa shape index (κ1) is 14.2. The summed E-state index contributed by atoms with van der Waals surface area (Å²) in [5.74, 6) is -12.3. The number of hydrogen-bond acceptors (Lipinski definition) is 3. The molecule has 2 aromatic carbocycles. The smallest absolute Gasteiger partial charge is 0.230 e. The summed E-state index contributed by atoms with van der Waals surface area (Å²) in [5.41, 5.74) is 0.386. The molecule has 0 saturated carbocycles. The molecule has 0 aliphatic heterocycles. The monoisotopic (exact) mass is 312 g/mol. The Morgan fingerprint density at radius 1 is 0.727 bits per heavy atom. The number of aromatic nitrogens is 2. The molecule has 0 radical (unpaired) electrons. The minimum atomic E-state index is -2.25. The van der Waals surface area contributed by atoms with Crippen LogP contribution >= 0.6 is 0 Å². The minimum Gasteiger partial charge on any atom is -0.432 e. The molecule has 0 atom stereocenters. The van der Waals surface area contributed by atoms with Crippen LogP contribution in [0, 0.1) is 29.1 Å². The van der Waals surface area contributed by atoms with Crippen LogP contribution in [0.25, 0.3) is 10.9 Å². The summed E-state index contributed by atoms with van der Waals surface area (Å²) >= 11 is 0. The Balaban J connectivity index is 2.18. The maximum Gasteiger partial charge on any atom is 0.230 e. The molecule has 0 fully saturated rings. The lowest BCUT2D eigenvalue weighted by atomic mass is 10.2. The van der Waals surface area contributed by atoms with Gasteiger partial charge in [-0.3, -0.25) is 0 Å². The summed E-state index contributed by atoms with van der Waals surface area (Å²) in [6.45, 7) is 0. The molecule has 1 aromatic heterocycles. The van der Waals surface area contributed by atoms with E-state index in [4.69, 9.17) is 4.74 Å². The number of para-hydroxylation sites is 1. The van der Waals surface area contributed by atoms with Crippen LogP contribution in [0.15, 0.2) is 30.6 Å². The first-order valence-corrected chi connectivity index (χ1v) is 5.89. The third kappa shape index (κ3) is 2.12. The predicted molar refractivity (Wildman–Crippen MR) is 65.8 cm³/mol. The van der Waals surface area contributed by atoms with Gasteiger partial charge in [-0.2, -0.15) is 8.78 Å². The van der Waals surface area contributed by atoms with Gasteiger partial charge in [-0.15, -0.1) is 0 Å². The van der Waals surface area contributed by atoms with Gasteiger partial charge in [0, 0.05) is 0 Å². The Morgan fingerprint density at radius 2 is 1.32 bits per heavy atom. The third-order valence-electron chi connectivity index (χ3n) is 2.87. The van der Waals surface area contributed by atoms with Crippen LogP contribution in [0.4, 0.5) is 22.0 Å². The Labute approximate surface area is 120 Å². The van der Waals surface area contributed by atoms with Gasteiger partial charge in [-0.25, -0.2) is 23.1 Å². The molecule has 0 unspecified atom stereocenters. The summed E-state index contributed by atoms with van der Waals surface area (Å²) in [4.78, 5) is 7.55. The molecule has 0 saturated heterocycles. The van der Waals surface area contributed by atoms with E-state index in [1.54, 1.807) is 18.2 Å². The van der Waals surface area contributed by atoms with Crippen molar-refractivity contribution >= 4 is 10.9 Å². The molecule has 22 heavy (non-hydrogen) atoms. The molecule has 112 valence electrons. The maximum atomic E-state index is 13.6. The van der Waals surface area contributed by atoms with Crippen molar-refractivity contribution in [3.8, 4) is 11.6 Å². The lowest BCUT2D eigenvalue weighted by Crippen LogP contribution is -2.05. The van der Waals surface area contributed by atoms with Crippen LogP contribution < -0.4 is 4.74 Å². The van der Waals surface area contributed by atoms with Crippen molar-refractivity contribution in [1.82, 2.24) is 9.97 Å². The summed E-state index contributed by atoms with van der Waals surface area (Å²) in [6.07, 6.45) is 1.05. The normalized spacial score (nSPS) is 11.0. The largest absolute Gasteiger partial charge is 0.432 e. The second kappa shape index (κ2) is 5.21. The van der Waals surface area contributed by atoms with E-state index < -0.39 is 34.8 Å². The zero-order chi connectivity index (χ0) is 15.9. The molecule has 8 heteroatoms. The van der Waals surface area contributed by atoms with Gasteiger partial charge in [0.05, 0.1) is 10.9 Å². The Morgan fingerprint density at radius 3 is 2.00 bits per heavy atom. The molecule has 0 spiro atoms. The van der Waals surface area contributed by atoms with Gasteiger partial charge in [0.1, 0.15) is 6.33 Å². The van der Waals surface area contributed by atoms with Crippen molar-refractivity contribution in [3.05, 3.63) is 59.7 Å². The zero-order valence-electron chi connectivity index (χ0n) is 10.6. The maximum absolute atomic E-state index is 13.6. The molecule has 3 rings (SSSR count). The number of fused-ring (bicyclic) bond motifs is 1. The van der Waals surface area contributed by atoms with Gasteiger partial charge < -0.3 is 4.74 Å². The topological polar surface area (TPSA) is 35.0 Å². The number of ether oxygens (including phenoxy) is 1. The molecule has 0 aliphatic carbocycles. The van der Waals surface area contributed by atoms with E-state index in [1.165, 1.54) is 6.07 Å². The summed E-state index contributed by atoms with van der Waals surface area (Å²) in [6, 6.07) is 6.29. The number of rotatable bonds is 2. The van der Waals surface area contributed by atoms with Crippen LogP contribution in [-0.4, -0.2) is 9.97 Å². The van der Waals surface area contributed by atoms with Gasteiger partial charge in [-0.1, -0.05) is 12.1 Å². The van der Waals surface area contributed by atoms with Crippen LogP contribution in [0.3, 0.4) is 0 Å². The number of nitrogens with zero attached hydrogens (tertiary/aromatic N) is 2. The average Bonchev–Trinajstić information content (AvgIpc) is 2.55. The van der Waals surface area contributed by atoms with Gasteiger partial charge in [0.25, 0.3) is 0 Å². The number of halogens is 5. The fourth-order valence-corrected chi connectivity index (χ4v) is 1.83. The van der Waals surface area contributed by atoms with Crippen LogP contribution in [0.5, 0.6) is 11.6 Å². The molecule has 0 amide bonds. The quantitative estimate of drug-likeness (QED) is 0.406. The van der Waals surface area contributed by atoms with E-state index in [0.717, 1.165) is 6.33 Å². The molecule has 3 nitrogen and oxygen atoms in total. The van der Waals surface area contributed by atoms with Crippen LogP contribution in [0.1, 0.15) is 0 Å². The minimum absolute atomic E-state index is 0.258. The van der Waals surface area contributed by atoms with E-state index >= 15 is 0 Å². The van der Waals surface area contributed by atoms with Crippen molar-refractivity contribution in [2.45, 2.75) is 0 Å². The van der Waals surface area contributed by atoms with Crippen molar-refractivity contribution in [2.24, 2.45) is 0 Å². The summed E-state index contributed by atoms with van der Waals surface area (Å²) in [7, 11) is 0. The number of hydrogen-bond donors (Lipinski definition) is 0. The third-order valence-corrected chi connectivity index (χ3v) is 2.87. The first-order chi connectivity index (χ1) is 10.5. The summed E-state index contributed by atoms with van der Waals surface area (Å²) < 4.78 is 71.3. The van der Waals surface area contributed by atoms with E-state index in [1.807, 2.05) is 0 Å². The molecular weight excluding hydrogens is 307 g/mol. The van der Waals surface area contributed by atoms with Crippen LogP contribution in [-0.2, 0) is 0 Å². The van der Waals surface area contributed by atoms with Gasteiger partial charge in [0.15, 0.2) is 0 Å². The Bertz CT molecular complexity index is 850. The van der Waals surface area contributed by atoms with Crippen molar-refractivity contribution < 1.29 is 26.7 Å². The van der Waals surface area contributed by atoms with Crippen LogP contribution in [0.2, 0.25) is 0 Å². The lowest BCUT2D eigenvalue weighted by molar-refractivity contribution is 0.329. The molecular formula is C14H5F5N2O. The van der Waals surface area contributed by atoms with E-state index in [2.05, 4.69) is 9.97 Å². The lowest BCUT2D eigenvalue weighted by Gasteiger charge is -2.10. The van der Waals surface area contributed by atoms with E-state index in [9.17, 15) is 22.0 Å². The molecule has 0 aliphatic rings. The summed E-state index contributed by atoms with van der Waals surface area (Å²) in [5, 5.41) is 0.258. The van der Waals surface area contributed by atoms with Gasteiger partial charge >= 0.3 is 0 Å². The number of benzene rings is 2. The molecule has 0 N–H and O–H groups in total. The van der Waals surface area contributed by atoms with E-state index in [-0.39, 0.29) is 11.3 Å². The predicted octanol–water partition coefficient (Wildman–Crippen LogP) is 4.12. The highest BCUT2D eigenvalue weighted by Crippen LogP contribution is 2.34. The van der Waals surface area contributed by atoms with Crippen molar-refractivity contribution in [1.29, 1.82) is 0 Å². The highest BCUT2D eigenvalue weighted by atomic mass is 19.2. The fourth-order valence-electron chi connectivity index (χ4n) is 1.83. The average molecular weight is 312 g/mol. The molecule has 0 bridgehead atoms. The second-order valence-electron chi connectivity index (χ2n) is 4.20. The second-order valence-corrected chi connectivity index (χ2v) is 4.20. The zero-order valence-corrected chi connectivity index (χ0v) is 10.6. The highest BCUT2D eigenvalue weighted by molar-refractivity contribution is 5.83.